The van der Waals surface area contributed by atoms with E-state index in [1.807, 2.05) is 0 Å². The number of nitrogens with zero attached hydrogens (tertiary/aromatic N) is 2. The largest absolute Gasteiger partial charge is 0.419 e. The Morgan fingerprint density at radius 3 is 2.53 bits per heavy atom. The van der Waals surface area contributed by atoms with Crippen LogP contribution in [0.15, 0.2) is 30.6 Å². The molecule has 19 heavy (non-hydrogen) atoms. The molecule has 7 heteroatoms. The number of benzene rings is 1. The summed E-state index contributed by atoms with van der Waals surface area (Å²) in [6.45, 7) is 0. The van der Waals surface area contributed by atoms with E-state index in [2.05, 4.69) is 4.98 Å². The van der Waals surface area contributed by atoms with Gasteiger partial charge >= 0.3 is 6.18 Å². The number of hydrogen-bond donors (Lipinski definition) is 0. The summed E-state index contributed by atoms with van der Waals surface area (Å²) >= 11 is 0. The van der Waals surface area contributed by atoms with Crippen molar-refractivity contribution in [3.63, 3.8) is 0 Å². The molecule has 1 aromatic carbocycles. The predicted octanol–water partition coefficient (Wildman–Crippen LogP) is 2.81. The number of carbonyl (C=O) groups is 1. The van der Waals surface area contributed by atoms with Gasteiger partial charge in [-0.15, -0.1) is 0 Å². The summed E-state index contributed by atoms with van der Waals surface area (Å²) in [5.41, 5.74) is -1.73. The lowest BCUT2D eigenvalue weighted by Crippen LogP contribution is -2.13. The van der Waals surface area contributed by atoms with Gasteiger partial charge in [0.25, 0.3) is 0 Å². The normalized spacial score (nSPS) is 11.6. The molecule has 3 nitrogen and oxygen atoms in total. The van der Waals surface area contributed by atoms with Crippen LogP contribution in [0.3, 0.4) is 0 Å². The number of rotatable bonds is 2. The molecule has 2 aromatic rings. The van der Waals surface area contributed by atoms with Crippen LogP contribution in [0.4, 0.5) is 17.6 Å². The van der Waals surface area contributed by atoms with Crippen molar-refractivity contribution in [3.05, 3.63) is 53.4 Å². The van der Waals surface area contributed by atoms with Crippen LogP contribution in [0.2, 0.25) is 0 Å². The fourth-order valence-electron chi connectivity index (χ4n) is 1.60. The molecule has 0 aliphatic heterocycles. The van der Waals surface area contributed by atoms with Crippen molar-refractivity contribution < 1.29 is 22.4 Å². The van der Waals surface area contributed by atoms with Gasteiger partial charge in [0.2, 0.25) is 5.78 Å². The number of alkyl halides is 3. The first kappa shape index (κ1) is 13.3. The molecule has 0 amide bonds. The fourth-order valence-corrected chi connectivity index (χ4v) is 1.60. The van der Waals surface area contributed by atoms with Gasteiger partial charge in [0.1, 0.15) is 5.82 Å². The van der Waals surface area contributed by atoms with Gasteiger partial charge in [0.15, 0.2) is 5.82 Å². The van der Waals surface area contributed by atoms with Crippen molar-refractivity contribution in [2.24, 2.45) is 7.05 Å². The average Bonchev–Trinajstić information content (AvgIpc) is 2.73. The monoisotopic (exact) mass is 272 g/mol. The van der Waals surface area contributed by atoms with Gasteiger partial charge in [0.05, 0.1) is 5.56 Å². The number of carbonyl (C=O) groups excluding carboxylic acids is 1. The molecule has 0 unspecified atom stereocenters. The Morgan fingerprint density at radius 1 is 1.32 bits per heavy atom. The van der Waals surface area contributed by atoms with Crippen LogP contribution < -0.4 is 0 Å². The van der Waals surface area contributed by atoms with Crippen LogP contribution in [0, 0.1) is 5.82 Å². The number of aromatic nitrogens is 2. The molecule has 0 atom stereocenters. The summed E-state index contributed by atoms with van der Waals surface area (Å²) < 4.78 is 52.1. The molecule has 0 N–H and O–H groups in total. The van der Waals surface area contributed by atoms with Gasteiger partial charge in [-0.2, -0.15) is 13.2 Å². The Hall–Kier alpha value is -2.18. The second-order valence-corrected chi connectivity index (χ2v) is 3.88. The van der Waals surface area contributed by atoms with E-state index in [4.69, 9.17) is 0 Å². The molecule has 0 saturated heterocycles. The van der Waals surface area contributed by atoms with Crippen LogP contribution in [0.1, 0.15) is 21.7 Å². The zero-order valence-electron chi connectivity index (χ0n) is 9.70. The first-order chi connectivity index (χ1) is 8.80. The minimum Gasteiger partial charge on any atom is -0.331 e. The van der Waals surface area contributed by atoms with Crippen LogP contribution in [-0.2, 0) is 13.2 Å². The van der Waals surface area contributed by atoms with E-state index in [-0.39, 0.29) is 11.4 Å². The molecular formula is C12H8F4N2O. The Bertz CT molecular complexity index is 631. The number of hydrogen-bond acceptors (Lipinski definition) is 2. The van der Waals surface area contributed by atoms with Gasteiger partial charge in [0, 0.05) is 25.0 Å². The smallest absolute Gasteiger partial charge is 0.331 e. The van der Waals surface area contributed by atoms with Crippen molar-refractivity contribution in [2.45, 2.75) is 6.18 Å². The summed E-state index contributed by atoms with van der Waals surface area (Å²) in [6, 6.07) is 2.12. The van der Waals surface area contributed by atoms with E-state index >= 15 is 0 Å². The average molecular weight is 272 g/mol. The fraction of sp³-hybridized carbons (Fsp3) is 0.167. The van der Waals surface area contributed by atoms with E-state index in [1.165, 1.54) is 24.0 Å². The van der Waals surface area contributed by atoms with Crippen molar-refractivity contribution in [2.75, 3.05) is 0 Å². The summed E-state index contributed by atoms with van der Waals surface area (Å²) in [4.78, 5) is 15.7. The highest BCUT2D eigenvalue weighted by atomic mass is 19.4. The summed E-state index contributed by atoms with van der Waals surface area (Å²) in [7, 11) is 1.54. The van der Waals surface area contributed by atoms with Gasteiger partial charge in [-0.3, -0.25) is 4.79 Å². The summed E-state index contributed by atoms with van der Waals surface area (Å²) in [5.74, 6) is -2.12. The highest BCUT2D eigenvalue weighted by Crippen LogP contribution is 2.32. The molecule has 0 aliphatic rings. The lowest BCUT2D eigenvalue weighted by Gasteiger charge is -2.09. The molecule has 0 saturated carbocycles. The van der Waals surface area contributed by atoms with Crippen molar-refractivity contribution in [1.29, 1.82) is 0 Å². The molecule has 1 heterocycles. The van der Waals surface area contributed by atoms with E-state index in [0.29, 0.717) is 12.1 Å². The van der Waals surface area contributed by atoms with Crippen LogP contribution >= 0.6 is 0 Å². The Balaban J connectivity index is 2.48. The first-order valence-corrected chi connectivity index (χ1v) is 5.19. The Kier molecular flexibility index (Phi) is 3.13. The zero-order valence-corrected chi connectivity index (χ0v) is 9.70. The second-order valence-electron chi connectivity index (χ2n) is 3.88. The van der Waals surface area contributed by atoms with Crippen molar-refractivity contribution in [3.8, 4) is 0 Å². The van der Waals surface area contributed by atoms with Gasteiger partial charge in [-0.25, -0.2) is 9.37 Å². The lowest BCUT2D eigenvalue weighted by atomic mass is 10.1. The molecule has 0 aliphatic carbocycles. The maximum absolute atomic E-state index is 13.1. The van der Waals surface area contributed by atoms with E-state index < -0.39 is 23.3 Å². The summed E-state index contributed by atoms with van der Waals surface area (Å²) in [5, 5.41) is 0. The topological polar surface area (TPSA) is 34.9 Å². The van der Waals surface area contributed by atoms with Crippen molar-refractivity contribution in [1.82, 2.24) is 9.55 Å². The van der Waals surface area contributed by atoms with E-state index in [0.717, 1.165) is 6.07 Å². The van der Waals surface area contributed by atoms with Crippen LogP contribution in [0.25, 0.3) is 0 Å². The molecule has 1 aromatic heterocycles. The highest BCUT2D eigenvalue weighted by molar-refractivity contribution is 6.06. The molecular weight excluding hydrogens is 264 g/mol. The minimum atomic E-state index is -4.85. The predicted molar refractivity (Wildman–Crippen MR) is 58.0 cm³/mol. The third kappa shape index (κ3) is 2.49. The zero-order chi connectivity index (χ0) is 14.2. The standard InChI is InChI=1S/C12H8F4N2O/c1-18-5-4-17-11(18)10(19)7-2-3-9(13)8(6-7)12(14,15)16/h2-6H,1H3. The summed E-state index contributed by atoms with van der Waals surface area (Å²) in [6.07, 6.45) is -2.01. The maximum Gasteiger partial charge on any atom is 0.419 e. The third-order valence-corrected chi connectivity index (χ3v) is 2.56. The number of halogens is 4. The minimum absolute atomic E-state index is 0.0141. The van der Waals surface area contributed by atoms with E-state index in [9.17, 15) is 22.4 Å². The molecule has 0 spiro atoms. The maximum atomic E-state index is 13.1. The first-order valence-electron chi connectivity index (χ1n) is 5.19. The molecule has 0 bridgehead atoms. The SMILES string of the molecule is Cn1ccnc1C(=O)c1ccc(F)c(C(F)(F)F)c1. The van der Waals surface area contributed by atoms with Crippen LogP contribution in [-0.4, -0.2) is 15.3 Å². The molecule has 0 fully saturated rings. The van der Waals surface area contributed by atoms with Gasteiger partial charge in [-0.1, -0.05) is 0 Å². The third-order valence-electron chi connectivity index (χ3n) is 2.56. The van der Waals surface area contributed by atoms with Crippen LogP contribution in [0.5, 0.6) is 0 Å². The number of imidazole rings is 1. The molecule has 0 radical (unpaired) electrons. The van der Waals surface area contributed by atoms with Gasteiger partial charge < -0.3 is 4.57 Å². The van der Waals surface area contributed by atoms with Gasteiger partial charge in [-0.05, 0) is 18.2 Å². The second kappa shape index (κ2) is 4.49. The molecule has 100 valence electrons. The number of aryl methyl sites for hydroxylation is 1. The Morgan fingerprint density at radius 2 is 2.00 bits per heavy atom. The van der Waals surface area contributed by atoms with Crippen molar-refractivity contribution >= 4 is 5.78 Å². The highest BCUT2D eigenvalue weighted by Gasteiger charge is 2.34. The number of ketones is 1. The molecule has 2 rings (SSSR count). The quantitative estimate of drug-likeness (QED) is 0.622. The Labute approximate surface area is 105 Å². The van der Waals surface area contributed by atoms with E-state index in [1.54, 1.807) is 0 Å². The lowest BCUT2D eigenvalue weighted by molar-refractivity contribution is -0.140.